The third-order valence-electron chi connectivity index (χ3n) is 8.62. The Morgan fingerprint density at radius 1 is 1.04 bits per heavy atom. The summed E-state index contributed by atoms with van der Waals surface area (Å²) in [7, 11) is 2.02. The molecule has 0 bridgehead atoms. The first-order valence-corrected chi connectivity index (χ1v) is 17.4. The molecule has 13 nitrogen and oxygen atoms in total. The maximum Gasteiger partial charge on any atom is 0.302 e. The van der Waals surface area contributed by atoms with E-state index in [4.69, 9.17) is 14.5 Å². The van der Waals surface area contributed by atoms with Gasteiger partial charge < -0.3 is 30.3 Å². The number of nitrogens with zero attached hydrogens (tertiary/aromatic N) is 5. The minimum absolute atomic E-state index is 0.0872. The summed E-state index contributed by atoms with van der Waals surface area (Å²) in [4.78, 5) is 47.9. The van der Waals surface area contributed by atoms with E-state index in [1.54, 1.807) is 12.1 Å². The molecule has 1 fully saturated rings. The second-order valence-electron chi connectivity index (χ2n) is 12.3. The second kappa shape index (κ2) is 19.0. The molecular weight excluding hydrogens is 612 g/mol. The van der Waals surface area contributed by atoms with Crippen molar-refractivity contribution in [2.75, 3.05) is 50.6 Å². The number of anilines is 2. The van der Waals surface area contributed by atoms with Crippen molar-refractivity contribution in [3.8, 4) is 0 Å². The number of hydrogen-bond donors (Lipinski definition) is 3. The van der Waals surface area contributed by atoms with Crippen LogP contribution >= 0.6 is 0 Å². The van der Waals surface area contributed by atoms with Crippen molar-refractivity contribution in [2.45, 2.75) is 97.7 Å². The molecule has 3 N–H and O–H groups in total. The van der Waals surface area contributed by atoms with E-state index in [-0.39, 0.29) is 23.8 Å². The summed E-state index contributed by atoms with van der Waals surface area (Å²) in [5, 5.41) is 15.1. The van der Waals surface area contributed by atoms with Gasteiger partial charge in [0.25, 0.3) is 5.91 Å². The van der Waals surface area contributed by atoms with E-state index < -0.39 is 0 Å². The Balaban J connectivity index is 1.24. The van der Waals surface area contributed by atoms with Crippen molar-refractivity contribution < 1.29 is 23.9 Å². The molecule has 4 heterocycles. The Morgan fingerprint density at radius 3 is 2.52 bits per heavy atom. The van der Waals surface area contributed by atoms with E-state index >= 15 is 0 Å². The molecule has 4 rings (SSSR count). The Hall–Kier alpha value is -4.10. The van der Waals surface area contributed by atoms with E-state index in [9.17, 15) is 14.4 Å². The second-order valence-corrected chi connectivity index (χ2v) is 12.3. The average Bonchev–Trinajstić information content (AvgIpc) is 3.50. The standard InChI is InChI=1S/C35H52N8O5/c1-5-30-28(33(39-27-15-19-47-20-16-27)29-24-38-43(6-2)34(29)40-30)23-37-35(46)26-13-14-31(36-22-26)41-32(45)12-10-8-7-9-11-17-42(4)18-21-48-25(3)44/h13-14,22,24,27H,5-12,15-21,23H2,1-4H3,(H,37,46)(H,39,40)(H,36,41,45). The van der Waals surface area contributed by atoms with Crippen molar-refractivity contribution >= 4 is 40.3 Å². The zero-order valence-electron chi connectivity index (χ0n) is 29.0. The summed E-state index contributed by atoms with van der Waals surface area (Å²) in [6, 6.07) is 3.60. The predicted molar refractivity (Wildman–Crippen MR) is 186 cm³/mol. The molecule has 2 amide bonds. The van der Waals surface area contributed by atoms with Gasteiger partial charge in [-0.2, -0.15) is 5.10 Å². The summed E-state index contributed by atoms with van der Waals surface area (Å²) < 4.78 is 12.4. The molecule has 1 aliphatic rings. The third kappa shape index (κ3) is 11.0. The van der Waals surface area contributed by atoms with Crippen LogP contribution in [0, 0.1) is 0 Å². The van der Waals surface area contributed by atoms with Crippen molar-refractivity contribution in [1.29, 1.82) is 0 Å². The number of carbonyl (C=O) groups excluding carboxylic acids is 3. The molecule has 0 aliphatic carbocycles. The number of pyridine rings is 2. The fraction of sp³-hybridized carbons (Fsp3) is 0.600. The maximum absolute atomic E-state index is 13.2. The van der Waals surface area contributed by atoms with E-state index in [2.05, 4.69) is 37.9 Å². The highest BCUT2D eigenvalue weighted by Gasteiger charge is 2.22. The fourth-order valence-corrected chi connectivity index (χ4v) is 5.83. The number of aromatic nitrogens is 4. The van der Waals surface area contributed by atoms with Crippen molar-refractivity contribution in [3.05, 3.63) is 41.3 Å². The van der Waals surface area contributed by atoms with Gasteiger partial charge in [-0.15, -0.1) is 0 Å². The van der Waals surface area contributed by atoms with Crippen LogP contribution in [0.2, 0.25) is 0 Å². The van der Waals surface area contributed by atoms with Crippen molar-refractivity contribution in [3.63, 3.8) is 0 Å². The topological polar surface area (TPSA) is 153 Å². The minimum atomic E-state index is -0.251. The van der Waals surface area contributed by atoms with Gasteiger partial charge in [-0.3, -0.25) is 14.4 Å². The highest BCUT2D eigenvalue weighted by Crippen LogP contribution is 2.31. The van der Waals surface area contributed by atoms with Crippen LogP contribution < -0.4 is 16.0 Å². The molecule has 0 radical (unpaired) electrons. The number of carbonyl (C=O) groups is 3. The number of esters is 1. The molecule has 0 unspecified atom stereocenters. The maximum atomic E-state index is 13.2. The van der Waals surface area contributed by atoms with Crippen LogP contribution in [0.4, 0.5) is 11.5 Å². The number of ether oxygens (including phenoxy) is 2. The Kier molecular flexibility index (Phi) is 14.6. The summed E-state index contributed by atoms with van der Waals surface area (Å²) in [5.74, 6) is -0.163. The Morgan fingerprint density at radius 2 is 1.81 bits per heavy atom. The lowest BCUT2D eigenvalue weighted by Crippen LogP contribution is -2.30. The number of likely N-dealkylation sites (N-methyl/N-ethyl adjacent to an activating group) is 1. The zero-order chi connectivity index (χ0) is 34.3. The molecule has 262 valence electrons. The van der Waals surface area contributed by atoms with Gasteiger partial charge in [0, 0.05) is 69.7 Å². The summed E-state index contributed by atoms with van der Waals surface area (Å²) in [6.07, 6.45) is 11.3. The molecular formula is C35H52N8O5. The van der Waals surface area contributed by atoms with Crippen LogP contribution in [-0.4, -0.2) is 88.4 Å². The van der Waals surface area contributed by atoms with E-state index in [0.29, 0.717) is 37.4 Å². The van der Waals surface area contributed by atoms with E-state index in [1.807, 2.05) is 24.9 Å². The van der Waals surface area contributed by atoms with Gasteiger partial charge >= 0.3 is 5.97 Å². The molecule has 0 aromatic carbocycles. The smallest absolute Gasteiger partial charge is 0.302 e. The van der Waals surface area contributed by atoms with Gasteiger partial charge in [-0.1, -0.05) is 26.2 Å². The monoisotopic (exact) mass is 664 g/mol. The van der Waals surface area contributed by atoms with Gasteiger partial charge in [-0.05, 0) is 64.8 Å². The Bertz CT molecular complexity index is 1490. The number of aryl methyl sites for hydroxylation is 2. The molecule has 1 saturated heterocycles. The summed E-state index contributed by atoms with van der Waals surface area (Å²) in [5.41, 5.74) is 4.11. The first-order valence-electron chi connectivity index (χ1n) is 17.4. The highest BCUT2D eigenvalue weighted by molar-refractivity contribution is 5.96. The van der Waals surface area contributed by atoms with E-state index in [1.165, 1.54) is 13.1 Å². The molecule has 13 heteroatoms. The van der Waals surface area contributed by atoms with Gasteiger partial charge in [0.2, 0.25) is 5.91 Å². The number of rotatable bonds is 19. The number of fused-ring (bicyclic) bond motifs is 1. The van der Waals surface area contributed by atoms with Gasteiger partial charge in [-0.25, -0.2) is 14.6 Å². The summed E-state index contributed by atoms with van der Waals surface area (Å²) in [6.45, 7) is 10.1. The fourth-order valence-electron chi connectivity index (χ4n) is 5.83. The molecule has 48 heavy (non-hydrogen) atoms. The normalized spacial score (nSPS) is 13.5. The van der Waals surface area contributed by atoms with Crippen LogP contribution in [0.3, 0.4) is 0 Å². The van der Waals surface area contributed by atoms with Gasteiger partial charge in [0.1, 0.15) is 12.4 Å². The van der Waals surface area contributed by atoms with Crippen LogP contribution in [-0.2, 0) is 38.6 Å². The van der Waals surface area contributed by atoms with Gasteiger partial charge in [0.15, 0.2) is 5.65 Å². The predicted octanol–water partition coefficient (Wildman–Crippen LogP) is 4.70. The largest absolute Gasteiger partial charge is 0.465 e. The molecule has 0 atom stereocenters. The third-order valence-corrected chi connectivity index (χ3v) is 8.62. The van der Waals surface area contributed by atoms with Crippen LogP contribution in [0.25, 0.3) is 11.0 Å². The number of amides is 2. The van der Waals surface area contributed by atoms with Gasteiger partial charge in [0.05, 0.1) is 22.8 Å². The lowest BCUT2D eigenvalue weighted by Gasteiger charge is -2.26. The van der Waals surface area contributed by atoms with Crippen LogP contribution in [0.1, 0.15) is 93.8 Å². The molecule has 1 aliphatic heterocycles. The lowest BCUT2D eigenvalue weighted by atomic mass is 10.0. The molecule has 0 saturated carbocycles. The Labute approximate surface area is 283 Å². The van der Waals surface area contributed by atoms with Crippen LogP contribution in [0.5, 0.6) is 0 Å². The quantitative estimate of drug-likeness (QED) is 0.121. The van der Waals surface area contributed by atoms with Crippen molar-refractivity contribution in [1.82, 2.24) is 30.0 Å². The van der Waals surface area contributed by atoms with E-state index in [0.717, 1.165) is 106 Å². The number of unbranched alkanes of at least 4 members (excludes halogenated alkanes) is 4. The summed E-state index contributed by atoms with van der Waals surface area (Å²) >= 11 is 0. The SMILES string of the molecule is CCc1nc2c(cnn2CC)c(NC2CCOCC2)c1CNC(=O)c1ccc(NC(=O)CCCCCCCN(C)CCOC(C)=O)nc1. The van der Waals surface area contributed by atoms with Crippen molar-refractivity contribution in [2.24, 2.45) is 0 Å². The zero-order valence-corrected chi connectivity index (χ0v) is 29.0. The molecule has 3 aromatic rings. The van der Waals surface area contributed by atoms with Crippen LogP contribution in [0.15, 0.2) is 24.5 Å². The molecule has 3 aromatic heterocycles. The lowest BCUT2D eigenvalue weighted by molar-refractivity contribution is -0.141. The first-order chi connectivity index (χ1) is 23.3. The minimum Gasteiger partial charge on any atom is -0.465 e. The number of nitrogens with one attached hydrogen (secondary N) is 3. The molecule has 0 spiro atoms. The first kappa shape index (κ1) is 36.7. The highest BCUT2D eigenvalue weighted by atomic mass is 16.5. The average molecular weight is 665 g/mol. The number of hydrogen-bond acceptors (Lipinski definition) is 10.